The van der Waals surface area contributed by atoms with Crippen LogP contribution in [0.1, 0.15) is 88.0 Å². The number of piperazine rings is 2. The summed E-state index contributed by atoms with van der Waals surface area (Å²) in [7, 11) is 0. The summed E-state index contributed by atoms with van der Waals surface area (Å²) in [5.41, 5.74) is 8.54. The van der Waals surface area contributed by atoms with Crippen LogP contribution < -0.4 is 0 Å². The predicted molar refractivity (Wildman–Crippen MR) is 215 cm³/mol. The van der Waals surface area contributed by atoms with Gasteiger partial charge in [0.25, 0.3) is 0 Å². The first-order chi connectivity index (χ1) is 24.4. The highest BCUT2D eigenvalue weighted by Gasteiger charge is 2.85. The van der Waals surface area contributed by atoms with E-state index in [0.717, 1.165) is 54.5 Å². The fraction of sp³-hybridized carbons (Fsp3) is 0.739. The minimum Gasteiger partial charge on any atom is -0.368 e. The lowest BCUT2D eigenvalue weighted by molar-refractivity contribution is -0.0965. The standard InChI is InChI=1S/C46H72N4O/c1-32(2)26-36(7)28-34(5)10-14-47-18-22-49(23-19-47)16-12-45-31-41-42-38(9)39-30-40(42)44(43(39)45)46(41,51-45)13-17-50-24-20-48(21-25-50)15-11-35(6)29-37(8)27-33(3)4/h10-11,26-29,38-44H,12-25,30-31H2,1-9H3/b34-10+,35-11+,36-28+,37-29+. The van der Waals surface area contributed by atoms with Gasteiger partial charge in [-0.2, -0.15) is 0 Å². The van der Waals surface area contributed by atoms with Crippen LogP contribution in [0.4, 0.5) is 0 Å². The molecular formula is C46H72N4O. The summed E-state index contributed by atoms with van der Waals surface area (Å²) < 4.78 is 7.67. The summed E-state index contributed by atoms with van der Waals surface area (Å²) in [6, 6.07) is 0. The van der Waals surface area contributed by atoms with Crippen LogP contribution in [0.2, 0.25) is 0 Å². The molecule has 0 N–H and O–H groups in total. The van der Waals surface area contributed by atoms with E-state index < -0.39 is 0 Å². The van der Waals surface area contributed by atoms with Crippen molar-refractivity contribution in [3.8, 4) is 0 Å². The van der Waals surface area contributed by atoms with Gasteiger partial charge in [-0.3, -0.25) is 9.80 Å². The number of ether oxygens (including phenoxy) is 1. The minimum atomic E-state index is 0.169. The Morgan fingerprint density at radius 3 is 1.59 bits per heavy atom. The number of fused-ring (bicyclic) bond motifs is 5. The number of hydrogen-bond donors (Lipinski definition) is 0. The molecule has 0 spiro atoms. The third-order valence-electron chi connectivity index (χ3n) is 14.7. The molecule has 7 rings (SSSR count). The van der Waals surface area contributed by atoms with Crippen LogP contribution >= 0.6 is 0 Å². The fourth-order valence-corrected chi connectivity index (χ4v) is 13.0. The molecule has 4 heterocycles. The van der Waals surface area contributed by atoms with Crippen LogP contribution in [0.25, 0.3) is 0 Å². The molecule has 4 bridgehead atoms. The number of hydrogen-bond acceptors (Lipinski definition) is 5. The van der Waals surface area contributed by atoms with Gasteiger partial charge in [0, 0.05) is 78.5 Å². The molecule has 0 radical (unpaired) electrons. The molecule has 9 unspecified atom stereocenters. The Bertz CT molecular complexity index is 1460. The molecule has 282 valence electrons. The van der Waals surface area contributed by atoms with E-state index in [1.54, 1.807) is 0 Å². The molecule has 7 aliphatic rings. The van der Waals surface area contributed by atoms with Crippen LogP contribution in [0.3, 0.4) is 0 Å². The molecule has 0 aromatic heterocycles. The molecule has 51 heavy (non-hydrogen) atoms. The molecule has 0 amide bonds. The molecule has 4 aliphatic heterocycles. The Balaban J connectivity index is 0.907. The van der Waals surface area contributed by atoms with Gasteiger partial charge in [-0.25, -0.2) is 0 Å². The van der Waals surface area contributed by atoms with Crippen molar-refractivity contribution in [2.45, 2.75) is 99.2 Å². The van der Waals surface area contributed by atoms with E-state index in [0.29, 0.717) is 0 Å². The van der Waals surface area contributed by atoms with Gasteiger partial charge < -0.3 is 14.5 Å². The van der Waals surface area contributed by atoms with Crippen LogP contribution in [-0.4, -0.2) is 109 Å². The second-order valence-electron chi connectivity index (χ2n) is 18.9. The Labute approximate surface area is 312 Å². The highest BCUT2D eigenvalue weighted by atomic mass is 16.5. The number of rotatable bonds is 14. The molecule has 4 saturated heterocycles. The largest absolute Gasteiger partial charge is 0.368 e. The van der Waals surface area contributed by atoms with E-state index in [9.17, 15) is 0 Å². The first-order valence-corrected chi connectivity index (χ1v) is 21.0. The normalized spacial score (nSPS) is 38.8. The molecule has 9 atom stereocenters. The summed E-state index contributed by atoms with van der Waals surface area (Å²) in [5.74, 6) is 6.29. The zero-order valence-electron chi connectivity index (χ0n) is 34.0. The molecule has 5 heteroatoms. The molecule has 0 aromatic carbocycles. The SMILES string of the molecule is CC(C)=C/C(C)=C/C(C)=C/CN1CCN(CCC23CC4C5C(C)C6CC5C(C62)C4(CCN2CCN(C/C=C(C)/C=C(\C)C=C(C)C)CC2)O3)CC1. The zero-order chi connectivity index (χ0) is 36.1. The average Bonchev–Trinajstić information content (AvgIpc) is 3.80. The topological polar surface area (TPSA) is 22.2 Å². The van der Waals surface area contributed by atoms with Crippen molar-refractivity contribution in [2.24, 2.45) is 41.4 Å². The van der Waals surface area contributed by atoms with E-state index in [1.807, 2.05) is 0 Å². The maximum Gasteiger partial charge on any atom is 0.0768 e. The molecule has 0 aromatic rings. The molecule has 5 nitrogen and oxygen atoms in total. The highest BCUT2D eigenvalue weighted by Crippen LogP contribution is 2.83. The van der Waals surface area contributed by atoms with E-state index in [4.69, 9.17) is 4.74 Å². The van der Waals surface area contributed by atoms with Gasteiger partial charge in [-0.05, 0) is 122 Å². The van der Waals surface area contributed by atoms with Gasteiger partial charge in [0.2, 0.25) is 0 Å². The molecule has 7 fully saturated rings. The average molecular weight is 697 g/mol. The van der Waals surface area contributed by atoms with Crippen LogP contribution in [-0.2, 0) is 4.74 Å². The van der Waals surface area contributed by atoms with Gasteiger partial charge in [-0.1, -0.05) is 76.8 Å². The lowest BCUT2D eigenvalue weighted by atomic mass is 9.63. The quantitative estimate of drug-likeness (QED) is 0.170. The van der Waals surface area contributed by atoms with Crippen LogP contribution in [0.15, 0.2) is 69.9 Å². The van der Waals surface area contributed by atoms with E-state index in [1.165, 1.54) is 125 Å². The summed E-state index contributed by atoms with van der Waals surface area (Å²) in [6.45, 7) is 34.5. The fourth-order valence-electron chi connectivity index (χ4n) is 13.0. The first-order valence-electron chi connectivity index (χ1n) is 21.0. The van der Waals surface area contributed by atoms with Gasteiger partial charge in [0.05, 0.1) is 11.2 Å². The van der Waals surface area contributed by atoms with Crippen molar-refractivity contribution < 1.29 is 4.74 Å². The van der Waals surface area contributed by atoms with E-state index >= 15 is 0 Å². The summed E-state index contributed by atoms with van der Waals surface area (Å²) in [4.78, 5) is 10.9. The first kappa shape index (κ1) is 37.6. The number of allylic oxidation sites excluding steroid dienone is 10. The van der Waals surface area contributed by atoms with Crippen molar-refractivity contribution in [1.82, 2.24) is 19.6 Å². The van der Waals surface area contributed by atoms with Crippen molar-refractivity contribution in [1.29, 1.82) is 0 Å². The third kappa shape index (κ3) is 7.50. The Morgan fingerprint density at radius 2 is 1.08 bits per heavy atom. The minimum absolute atomic E-state index is 0.169. The third-order valence-corrected chi connectivity index (χ3v) is 14.7. The van der Waals surface area contributed by atoms with Crippen molar-refractivity contribution in [3.05, 3.63) is 69.9 Å². The second kappa shape index (κ2) is 15.2. The lowest BCUT2D eigenvalue weighted by Crippen LogP contribution is -2.49. The second-order valence-corrected chi connectivity index (χ2v) is 18.9. The van der Waals surface area contributed by atoms with Gasteiger partial charge >= 0.3 is 0 Å². The molecular weight excluding hydrogens is 625 g/mol. The maximum absolute atomic E-state index is 7.67. The highest BCUT2D eigenvalue weighted by molar-refractivity contribution is 5.33. The van der Waals surface area contributed by atoms with Crippen LogP contribution in [0.5, 0.6) is 0 Å². The van der Waals surface area contributed by atoms with Crippen LogP contribution in [0, 0.1) is 41.4 Å². The summed E-state index contributed by atoms with van der Waals surface area (Å²) in [5, 5.41) is 0. The molecule has 3 saturated carbocycles. The van der Waals surface area contributed by atoms with E-state index in [-0.39, 0.29) is 11.2 Å². The maximum atomic E-state index is 7.67. The Morgan fingerprint density at radius 1 is 0.588 bits per heavy atom. The monoisotopic (exact) mass is 697 g/mol. The molecule has 3 aliphatic carbocycles. The van der Waals surface area contributed by atoms with Crippen molar-refractivity contribution in [2.75, 3.05) is 78.5 Å². The summed E-state index contributed by atoms with van der Waals surface area (Å²) >= 11 is 0. The summed E-state index contributed by atoms with van der Waals surface area (Å²) in [6.07, 6.45) is 19.5. The van der Waals surface area contributed by atoms with Crippen molar-refractivity contribution in [3.63, 3.8) is 0 Å². The zero-order valence-corrected chi connectivity index (χ0v) is 34.0. The lowest BCUT2D eigenvalue weighted by Gasteiger charge is -2.40. The predicted octanol–water partition coefficient (Wildman–Crippen LogP) is 8.40. The van der Waals surface area contributed by atoms with Gasteiger partial charge in [0.1, 0.15) is 0 Å². The Kier molecular flexibility index (Phi) is 11.2. The number of nitrogens with zero attached hydrogens (tertiary/aromatic N) is 4. The van der Waals surface area contributed by atoms with Gasteiger partial charge in [-0.15, -0.1) is 0 Å². The van der Waals surface area contributed by atoms with E-state index in [2.05, 4.69) is 118 Å². The Hall–Kier alpha value is -1.76. The van der Waals surface area contributed by atoms with Gasteiger partial charge in [0.15, 0.2) is 0 Å². The van der Waals surface area contributed by atoms with Crippen molar-refractivity contribution >= 4 is 0 Å². The smallest absolute Gasteiger partial charge is 0.0768 e.